The molecule has 7 heteroatoms. The Morgan fingerprint density at radius 1 is 1.05 bits per heavy atom. The largest absolute Gasteiger partial charge is 0.357 e. The van der Waals surface area contributed by atoms with Crippen molar-refractivity contribution < 1.29 is 0 Å². The van der Waals surface area contributed by atoms with Gasteiger partial charge in [-0.05, 0) is 26.0 Å². The molecule has 1 heterocycles. The Labute approximate surface area is 129 Å². The summed E-state index contributed by atoms with van der Waals surface area (Å²) in [6.07, 6.45) is 0. The summed E-state index contributed by atoms with van der Waals surface area (Å²) in [6, 6.07) is 7.47. The standard InChI is InChI=1S/C14H19ClN6/c1-4-21(5-2)14-19-12(16-3)18-13(20-14)17-11-9-7-6-8-10(11)15/h6-9H,4-5H2,1-3H3,(H2,16,17,18,19,20). The van der Waals surface area contributed by atoms with Crippen LogP contribution >= 0.6 is 11.6 Å². The van der Waals surface area contributed by atoms with Crippen LogP contribution in [0.2, 0.25) is 5.02 Å². The van der Waals surface area contributed by atoms with Gasteiger partial charge in [-0.1, -0.05) is 23.7 Å². The van der Waals surface area contributed by atoms with Gasteiger partial charge in [-0.3, -0.25) is 0 Å². The summed E-state index contributed by atoms with van der Waals surface area (Å²) < 4.78 is 0. The molecule has 0 aliphatic carbocycles. The molecule has 1 aromatic heterocycles. The van der Waals surface area contributed by atoms with Crippen LogP contribution in [0.5, 0.6) is 0 Å². The molecule has 6 nitrogen and oxygen atoms in total. The van der Waals surface area contributed by atoms with Crippen LogP contribution in [0.4, 0.5) is 23.5 Å². The van der Waals surface area contributed by atoms with Crippen LogP contribution in [0, 0.1) is 0 Å². The second-order valence-corrected chi connectivity index (χ2v) is 4.72. The fourth-order valence-corrected chi connectivity index (χ4v) is 2.05. The maximum absolute atomic E-state index is 6.14. The second-order valence-electron chi connectivity index (χ2n) is 4.31. The van der Waals surface area contributed by atoms with E-state index in [0.29, 0.717) is 22.9 Å². The number of aromatic nitrogens is 3. The maximum atomic E-state index is 6.14. The molecule has 0 unspecified atom stereocenters. The van der Waals surface area contributed by atoms with Gasteiger partial charge >= 0.3 is 0 Å². The van der Waals surface area contributed by atoms with E-state index in [-0.39, 0.29) is 0 Å². The Balaban J connectivity index is 2.35. The van der Waals surface area contributed by atoms with E-state index in [1.165, 1.54) is 0 Å². The highest BCUT2D eigenvalue weighted by molar-refractivity contribution is 6.33. The summed E-state index contributed by atoms with van der Waals surface area (Å²) in [5, 5.41) is 6.70. The lowest BCUT2D eigenvalue weighted by Crippen LogP contribution is -2.25. The van der Waals surface area contributed by atoms with Gasteiger partial charge in [0.2, 0.25) is 17.8 Å². The minimum Gasteiger partial charge on any atom is -0.357 e. The summed E-state index contributed by atoms with van der Waals surface area (Å²) in [5.41, 5.74) is 0.762. The van der Waals surface area contributed by atoms with Gasteiger partial charge in [0.05, 0.1) is 10.7 Å². The fraction of sp³-hybridized carbons (Fsp3) is 0.357. The molecule has 1 aromatic carbocycles. The zero-order valence-electron chi connectivity index (χ0n) is 12.4. The van der Waals surface area contributed by atoms with Crippen LogP contribution in [0.15, 0.2) is 24.3 Å². The third kappa shape index (κ3) is 3.72. The molecule has 0 saturated heterocycles. The highest BCUT2D eigenvalue weighted by Crippen LogP contribution is 2.24. The molecule has 0 aliphatic heterocycles. The first-order valence-corrected chi connectivity index (χ1v) is 7.26. The minimum atomic E-state index is 0.462. The lowest BCUT2D eigenvalue weighted by atomic mass is 10.3. The van der Waals surface area contributed by atoms with Crippen LogP contribution in [0.3, 0.4) is 0 Å². The number of halogens is 1. The lowest BCUT2D eigenvalue weighted by Gasteiger charge is -2.19. The van der Waals surface area contributed by atoms with Crippen molar-refractivity contribution in [1.29, 1.82) is 0 Å². The topological polar surface area (TPSA) is 66.0 Å². The van der Waals surface area contributed by atoms with Crippen molar-refractivity contribution >= 4 is 35.1 Å². The Kier molecular flexibility index (Phi) is 5.16. The van der Waals surface area contributed by atoms with E-state index in [1.54, 1.807) is 7.05 Å². The first-order valence-electron chi connectivity index (χ1n) is 6.88. The molecular formula is C14H19ClN6. The molecule has 0 bridgehead atoms. The number of para-hydroxylation sites is 1. The van der Waals surface area contributed by atoms with Crippen LogP contribution in [-0.4, -0.2) is 35.1 Å². The number of hydrogen-bond donors (Lipinski definition) is 2. The molecule has 2 N–H and O–H groups in total. The van der Waals surface area contributed by atoms with Gasteiger partial charge in [-0.25, -0.2) is 0 Å². The molecule has 0 aliphatic rings. The molecular weight excluding hydrogens is 288 g/mol. The zero-order chi connectivity index (χ0) is 15.2. The van der Waals surface area contributed by atoms with Crippen LogP contribution in [0.1, 0.15) is 13.8 Å². The SMILES string of the molecule is CCN(CC)c1nc(NC)nc(Nc2ccccc2Cl)n1. The Bertz CT molecular complexity index is 600. The van der Waals surface area contributed by atoms with Crippen molar-refractivity contribution in [2.75, 3.05) is 35.7 Å². The van der Waals surface area contributed by atoms with Gasteiger partial charge < -0.3 is 15.5 Å². The van der Waals surface area contributed by atoms with Gasteiger partial charge in [0, 0.05) is 20.1 Å². The average molecular weight is 307 g/mol. The number of hydrogen-bond acceptors (Lipinski definition) is 6. The quantitative estimate of drug-likeness (QED) is 0.854. The maximum Gasteiger partial charge on any atom is 0.233 e. The van der Waals surface area contributed by atoms with E-state index in [2.05, 4.69) is 44.3 Å². The Morgan fingerprint density at radius 3 is 2.33 bits per heavy atom. The van der Waals surface area contributed by atoms with Crippen molar-refractivity contribution in [3.05, 3.63) is 29.3 Å². The molecule has 0 amide bonds. The van der Waals surface area contributed by atoms with Gasteiger partial charge in [0.15, 0.2) is 0 Å². The van der Waals surface area contributed by atoms with E-state index in [0.717, 1.165) is 18.8 Å². The molecule has 2 rings (SSSR count). The third-order valence-corrected chi connectivity index (χ3v) is 3.34. The molecule has 0 spiro atoms. The normalized spacial score (nSPS) is 10.3. The number of anilines is 4. The monoisotopic (exact) mass is 306 g/mol. The van der Waals surface area contributed by atoms with E-state index >= 15 is 0 Å². The molecule has 112 valence electrons. The Morgan fingerprint density at radius 2 is 1.71 bits per heavy atom. The highest BCUT2D eigenvalue weighted by atomic mass is 35.5. The summed E-state index contributed by atoms with van der Waals surface area (Å²) in [5.74, 6) is 1.61. The average Bonchev–Trinajstić information content (AvgIpc) is 2.50. The zero-order valence-corrected chi connectivity index (χ0v) is 13.1. The first kappa shape index (κ1) is 15.3. The van der Waals surface area contributed by atoms with Crippen LogP contribution in [0.25, 0.3) is 0 Å². The molecule has 0 saturated carbocycles. The molecule has 21 heavy (non-hydrogen) atoms. The third-order valence-electron chi connectivity index (χ3n) is 3.01. The van der Waals surface area contributed by atoms with Gasteiger partial charge in [-0.2, -0.15) is 15.0 Å². The number of rotatable bonds is 6. The van der Waals surface area contributed by atoms with Crippen LogP contribution < -0.4 is 15.5 Å². The van der Waals surface area contributed by atoms with Gasteiger partial charge in [0.25, 0.3) is 0 Å². The molecule has 2 aromatic rings. The summed E-state index contributed by atoms with van der Waals surface area (Å²) in [7, 11) is 1.78. The number of nitrogens with zero attached hydrogens (tertiary/aromatic N) is 4. The molecule has 0 fully saturated rings. The molecule has 0 radical (unpaired) electrons. The molecule has 0 atom stereocenters. The highest BCUT2D eigenvalue weighted by Gasteiger charge is 2.11. The summed E-state index contributed by atoms with van der Waals surface area (Å²) in [6.45, 7) is 5.78. The minimum absolute atomic E-state index is 0.462. The number of nitrogens with one attached hydrogen (secondary N) is 2. The smallest absolute Gasteiger partial charge is 0.233 e. The van der Waals surface area contributed by atoms with Gasteiger partial charge in [-0.15, -0.1) is 0 Å². The van der Waals surface area contributed by atoms with E-state index in [4.69, 9.17) is 11.6 Å². The predicted octanol–water partition coefficient (Wildman–Crippen LogP) is 3.16. The second kappa shape index (κ2) is 7.08. The Hall–Kier alpha value is -2.08. The fourth-order valence-electron chi connectivity index (χ4n) is 1.86. The van der Waals surface area contributed by atoms with Crippen molar-refractivity contribution in [3.63, 3.8) is 0 Å². The van der Waals surface area contributed by atoms with Crippen molar-refractivity contribution in [1.82, 2.24) is 15.0 Å². The van der Waals surface area contributed by atoms with Crippen molar-refractivity contribution in [2.24, 2.45) is 0 Å². The summed E-state index contributed by atoms with van der Waals surface area (Å²) >= 11 is 6.14. The van der Waals surface area contributed by atoms with Crippen molar-refractivity contribution in [2.45, 2.75) is 13.8 Å². The van der Waals surface area contributed by atoms with E-state index in [1.807, 2.05) is 24.3 Å². The summed E-state index contributed by atoms with van der Waals surface area (Å²) in [4.78, 5) is 15.2. The van der Waals surface area contributed by atoms with Crippen molar-refractivity contribution in [3.8, 4) is 0 Å². The predicted molar refractivity (Wildman–Crippen MR) is 87.7 cm³/mol. The van der Waals surface area contributed by atoms with Crippen LogP contribution in [-0.2, 0) is 0 Å². The number of benzene rings is 1. The van der Waals surface area contributed by atoms with E-state index < -0.39 is 0 Å². The van der Waals surface area contributed by atoms with Gasteiger partial charge in [0.1, 0.15) is 0 Å². The lowest BCUT2D eigenvalue weighted by molar-refractivity contribution is 0.815. The van der Waals surface area contributed by atoms with E-state index in [9.17, 15) is 0 Å². The first-order chi connectivity index (χ1) is 10.2.